The molecule has 0 radical (unpaired) electrons. The van der Waals surface area contributed by atoms with Crippen LogP contribution in [0.25, 0.3) is 32.3 Å². The molecule has 0 saturated heterocycles. The summed E-state index contributed by atoms with van der Waals surface area (Å²) in [7, 11) is 0. The maximum absolute atomic E-state index is 13.5. The van der Waals surface area contributed by atoms with Crippen molar-refractivity contribution in [2.24, 2.45) is 0 Å². The van der Waals surface area contributed by atoms with Gasteiger partial charge >= 0.3 is 0 Å². The van der Waals surface area contributed by atoms with Crippen molar-refractivity contribution in [1.29, 1.82) is 0 Å². The lowest BCUT2D eigenvalue weighted by Crippen LogP contribution is -2.26. The number of rotatable bonds is 3. The molecule has 160 valence electrons. The van der Waals surface area contributed by atoms with Gasteiger partial charge in [0.1, 0.15) is 0 Å². The van der Waals surface area contributed by atoms with Gasteiger partial charge in [-0.15, -0.1) is 0 Å². The van der Waals surface area contributed by atoms with E-state index in [0.717, 1.165) is 56.3 Å². The van der Waals surface area contributed by atoms with Crippen LogP contribution in [0.4, 0.5) is 0 Å². The number of hydrogen-bond acceptors (Lipinski definition) is 2. The molecule has 0 fully saturated rings. The van der Waals surface area contributed by atoms with E-state index in [1.807, 2.05) is 60.7 Å². The Bertz CT molecular complexity index is 1590. The molecule has 0 spiro atoms. The van der Waals surface area contributed by atoms with Crippen molar-refractivity contribution in [1.82, 2.24) is 0 Å². The normalized spacial score (nSPS) is 15.6. The minimum Gasteiger partial charge on any atom is -0.290 e. The molecular formula is C30H21ClO2. The SMILES string of the molecule is O=C(C(=O)C1CCCc2c1ccc1c2cc(Cl)c2ccccc21)c1cccc2ccccc12. The molecule has 1 atom stereocenters. The fourth-order valence-electron chi connectivity index (χ4n) is 5.44. The molecule has 0 amide bonds. The lowest BCUT2D eigenvalue weighted by Gasteiger charge is -2.26. The third-order valence-corrected chi connectivity index (χ3v) is 7.32. The molecule has 1 unspecified atom stereocenters. The first-order valence-corrected chi connectivity index (χ1v) is 11.7. The zero-order valence-corrected chi connectivity index (χ0v) is 18.7. The first-order chi connectivity index (χ1) is 16.1. The van der Waals surface area contributed by atoms with Gasteiger partial charge in [0.05, 0.1) is 5.92 Å². The number of halogens is 1. The lowest BCUT2D eigenvalue weighted by atomic mass is 9.76. The maximum Gasteiger partial charge on any atom is 0.229 e. The zero-order valence-electron chi connectivity index (χ0n) is 18.0. The number of fused-ring (bicyclic) bond motifs is 6. The first-order valence-electron chi connectivity index (χ1n) is 11.3. The Morgan fingerprint density at radius 2 is 1.42 bits per heavy atom. The minimum absolute atomic E-state index is 0.321. The summed E-state index contributed by atoms with van der Waals surface area (Å²) in [6, 6.07) is 27.6. The van der Waals surface area contributed by atoms with Crippen molar-refractivity contribution < 1.29 is 9.59 Å². The molecule has 0 aromatic heterocycles. The van der Waals surface area contributed by atoms with Gasteiger partial charge in [0.15, 0.2) is 0 Å². The van der Waals surface area contributed by atoms with Crippen molar-refractivity contribution in [3.05, 3.63) is 107 Å². The van der Waals surface area contributed by atoms with E-state index in [-0.39, 0.29) is 5.78 Å². The second-order valence-electron chi connectivity index (χ2n) is 8.80. The van der Waals surface area contributed by atoms with Crippen LogP contribution in [0.1, 0.15) is 40.2 Å². The molecule has 5 aromatic carbocycles. The molecule has 2 nitrogen and oxygen atoms in total. The van der Waals surface area contributed by atoms with Crippen molar-refractivity contribution in [2.75, 3.05) is 0 Å². The Morgan fingerprint density at radius 3 is 2.27 bits per heavy atom. The maximum atomic E-state index is 13.5. The van der Waals surface area contributed by atoms with E-state index in [2.05, 4.69) is 18.2 Å². The van der Waals surface area contributed by atoms with E-state index in [9.17, 15) is 9.59 Å². The summed E-state index contributed by atoms with van der Waals surface area (Å²) in [5.74, 6) is -1.14. The number of ketones is 2. The van der Waals surface area contributed by atoms with Crippen molar-refractivity contribution in [3.8, 4) is 0 Å². The smallest absolute Gasteiger partial charge is 0.229 e. The predicted molar refractivity (Wildman–Crippen MR) is 135 cm³/mol. The fourth-order valence-corrected chi connectivity index (χ4v) is 5.72. The third-order valence-electron chi connectivity index (χ3n) is 7.01. The largest absolute Gasteiger partial charge is 0.290 e. The van der Waals surface area contributed by atoms with Gasteiger partial charge < -0.3 is 0 Å². The van der Waals surface area contributed by atoms with Crippen LogP contribution in [0.2, 0.25) is 5.02 Å². The zero-order chi connectivity index (χ0) is 22.5. The Kier molecular flexibility index (Phi) is 4.78. The first kappa shape index (κ1) is 20.1. The standard InChI is InChI=1S/C30H21ClO2/c31-28-17-27-21-12-6-14-26(22(21)15-16-23(27)20-10-3-4-11-24(20)28)30(33)29(32)25-13-5-8-18-7-1-2-9-19(18)25/h1-5,7-11,13,15-17,26H,6,12,14H2. The van der Waals surface area contributed by atoms with Gasteiger partial charge in [0.25, 0.3) is 0 Å². The molecule has 5 aromatic rings. The number of hydrogen-bond donors (Lipinski definition) is 0. The van der Waals surface area contributed by atoms with Gasteiger partial charge in [-0.25, -0.2) is 0 Å². The average molecular weight is 449 g/mol. The molecule has 1 aliphatic rings. The highest BCUT2D eigenvalue weighted by Crippen LogP contribution is 2.41. The van der Waals surface area contributed by atoms with Crippen molar-refractivity contribution in [3.63, 3.8) is 0 Å². The molecule has 33 heavy (non-hydrogen) atoms. The predicted octanol–water partition coefficient (Wildman–Crippen LogP) is 7.67. The van der Waals surface area contributed by atoms with Crippen LogP contribution < -0.4 is 0 Å². The van der Waals surface area contributed by atoms with Crippen LogP contribution in [0.3, 0.4) is 0 Å². The number of benzene rings is 5. The summed E-state index contributed by atoms with van der Waals surface area (Å²) in [6.45, 7) is 0. The molecule has 0 bridgehead atoms. The summed E-state index contributed by atoms with van der Waals surface area (Å²) in [5, 5.41) is 6.88. The topological polar surface area (TPSA) is 34.1 Å². The Morgan fingerprint density at radius 1 is 0.727 bits per heavy atom. The van der Waals surface area contributed by atoms with Gasteiger partial charge in [-0.3, -0.25) is 9.59 Å². The molecule has 6 rings (SSSR count). The molecule has 3 heteroatoms. The van der Waals surface area contributed by atoms with Gasteiger partial charge in [-0.2, -0.15) is 0 Å². The van der Waals surface area contributed by atoms with E-state index in [4.69, 9.17) is 11.6 Å². The molecule has 0 saturated carbocycles. The molecular weight excluding hydrogens is 428 g/mol. The van der Waals surface area contributed by atoms with Gasteiger partial charge in [-0.1, -0.05) is 90.5 Å². The van der Waals surface area contributed by atoms with E-state index < -0.39 is 11.7 Å². The summed E-state index contributed by atoms with van der Waals surface area (Å²) in [6.07, 6.45) is 2.44. The van der Waals surface area contributed by atoms with Crippen molar-refractivity contribution in [2.45, 2.75) is 25.2 Å². The molecule has 1 aliphatic carbocycles. The molecule has 0 heterocycles. The van der Waals surface area contributed by atoms with Crippen LogP contribution >= 0.6 is 11.6 Å². The van der Waals surface area contributed by atoms with Crippen molar-refractivity contribution >= 4 is 55.5 Å². The van der Waals surface area contributed by atoms with E-state index >= 15 is 0 Å². The highest BCUT2D eigenvalue weighted by atomic mass is 35.5. The van der Waals surface area contributed by atoms with Gasteiger partial charge in [-0.05, 0) is 63.4 Å². The van der Waals surface area contributed by atoms with E-state index in [0.29, 0.717) is 17.0 Å². The number of aryl methyl sites for hydroxylation is 1. The Hall–Kier alpha value is -3.49. The number of carbonyl (C=O) groups is 2. The average Bonchev–Trinajstić information content (AvgIpc) is 2.87. The van der Waals surface area contributed by atoms with E-state index in [1.54, 1.807) is 6.07 Å². The summed E-state index contributed by atoms with van der Waals surface area (Å²) >= 11 is 6.64. The Labute approximate surface area is 196 Å². The van der Waals surface area contributed by atoms with Crippen LogP contribution in [0.5, 0.6) is 0 Å². The highest BCUT2D eigenvalue weighted by molar-refractivity contribution is 6.47. The highest BCUT2D eigenvalue weighted by Gasteiger charge is 2.32. The second kappa shape index (κ2) is 7.83. The van der Waals surface area contributed by atoms with Crippen LogP contribution in [-0.4, -0.2) is 11.6 Å². The lowest BCUT2D eigenvalue weighted by molar-refractivity contribution is -0.116. The van der Waals surface area contributed by atoms with Crippen LogP contribution in [0.15, 0.2) is 84.9 Å². The second-order valence-corrected chi connectivity index (χ2v) is 9.20. The van der Waals surface area contributed by atoms with Gasteiger partial charge in [0, 0.05) is 16.0 Å². The van der Waals surface area contributed by atoms with Crippen LogP contribution in [0, 0.1) is 0 Å². The third kappa shape index (κ3) is 3.17. The summed E-state index contributed by atoms with van der Waals surface area (Å²) in [5.41, 5.74) is 2.61. The van der Waals surface area contributed by atoms with Gasteiger partial charge in [0.2, 0.25) is 11.6 Å². The Balaban J connectivity index is 1.47. The molecule has 0 N–H and O–H groups in total. The quantitative estimate of drug-likeness (QED) is 0.161. The van der Waals surface area contributed by atoms with E-state index in [1.165, 1.54) is 0 Å². The summed E-state index contributed by atoms with van der Waals surface area (Å²) in [4.78, 5) is 26.9. The number of carbonyl (C=O) groups excluding carboxylic acids is 2. The number of Topliss-reactive ketones (excluding diaryl/α,β-unsaturated/α-hetero) is 2. The monoisotopic (exact) mass is 448 g/mol. The molecule has 0 aliphatic heterocycles. The van der Waals surface area contributed by atoms with Crippen LogP contribution in [-0.2, 0) is 11.2 Å². The fraction of sp³-hybridized carbons (Fsp3) is 0.133. The minimum atomic E-state index is -0.421. The summed E-state index contributed by atoms with van der Waals surface area (Å²) < 4.78 is 0.